The highest BCUT2D eigenvalue weighted by Gasteiger charge is 2.37. The smallest absolute Gasteiger partial charge is 0.328 e. The van der Waals surface area contributed by atoms with Gasteiger partial charge in [0.15, 0.2) is 11.6 Å². The predicted molar refractivity (Wildman–Crippen MR) is 112 cm³/mol. The molecule has 9 heteroatoms. The lowest BCUT2D eigenvalue weighted by Gasteiger charge is -2.36. The highest BCUT2D eigenvalue weighted by atomic mass is 19.2. The fourth-order valence-electron chi connectivity index (χ4n) is 3.96. The number of H-pyrrole nitrogens is 1. The van der Waals surface area contributed by atoms with E-state index in [0.717, 1.165) is 17.3 Å². The monoisotopic (exact) mass is 440 g/mol. The number of hydrogen-bond donors (Lipinski definition) is 2. The van der Waals surface area contributed by atoms with Gasteiger partial charge in [-0.2, -0.15) is 0 Å². The number of amides is 2. The van der Waals surface area contributed by atoms with Crippen molar-refractivity contribution in [3.8, 4) is 0 Å². The van der Waals surface area contributed by atoms with Gasteiger partial charge in [-0.25, -0.2) is 23.4 Å². The summed E-state index contributed by atoms with van der Waals surface area (Å²) in [5, 5.41) is 2.70. The normalized spacial score (nSPS) is 16.2. The summed E-state index contributed by atoms with van der Waals surface area (Å²) in [7, 11) is 1.24. The fourth-order valence-corrected chi connectivity index (χ4v) is 3.96. The van der Waals surface area contributed by atoms with Crippen molar-refractivity contribution < 1.29 is 23.1 Å². The maximum absolute atomic E-state index is 14.7. The van der Waals surface area contributed by atoms with E-state index in [2.05, 4.69) is 15.3 Å². The first kappa shape index (κ1) is 21.5. The van der Waals surface area contributed by atoms with Crippen LogP contribution in [0.25, 0.3) is 0 Å². The average molecular weight is 440 g/mol. The lowest BCUT2D eigenvalue weighted by Crippen LogP contribution is -2.52. The molecule has 7 nitrogen and oxygen atoms in total. The van der Waals surface area contributed by atoms with E-state index in [0.29, 0.717) is 12.1 Å². The van der Waals surface area contributed by atoms with Gasteiger partial charge in [-0.15, -0.1) is 0 Å². The van der Waals surface area contributed by atoms with Crippen LogP contribution in [0.2, 0.25) is 0 Å². The zero-order valence-corrected chi connectivity index (χ0v) is 17.3. The second-order valence-corrected chi connectivity index (χ2v) is 7.47. The minimum absolute atomic E-state index is 0.00845. The first-order valence-corrected chi connectivity index (χ1v) is 10.1. The van der Waals surface area contributed by atoms with Gasteiger partial charge in [0.25, 0.3) is 0 Å². The Kier molecular flexibility index (Phi) is 6.16. The molecule has 0 spiro atoms. The molecule has 2 N–H and O–H groups in total. The standard InChI is InChI=1S/C23H22F2N4O3/c1-32-22(30)18(12-14-6-3-2-4-7-14)28-23(31)29-11-10-17-20(27-13-26-17)21(29)15-8-5-9-16(24)19(15)25/h2-9,13,18,21H,10-12H2,1H3,(H,26,27)(H,28,31)/t18-,21-/m0/s1. The van der Waals surface area contributed by atoms with Crippen LogP contribution in [0.4, 0.5) is 13.6 Å². The number of carbonyl (C=O) groups is 2. The van der Waals surface area contributed by atoms with E-state index in [-0.39, 0.29) is 18.5 Å². The van der Waals surface area contributed by atoms with Crippen molar-refractivity contribution in [3.05, 3.63) is 89.0 Å². The van der Waals surface area contributed by atoms with Gasteiger partial charge in [0.1, 0.15) is 12.1 Å². The van der Waals surface area contributed by atoms with Gasteiger partial charge in [-0.3, -0.25) is 0 Å². The van der Waals surface area contributed by atoms with Crippen LogP contribution >= 0.6 is 0 Å². The van der Waals surface area contributed by atoms with Crippen molar-refractivity contribution in [1.29, 1.82) is 0 Å². The van der Waals surface area contributed by atoms with Crippen LogP contribution in [0.5, 0.6) is 0 Å². The molecular weight excluding hydrogens is 418 g/mol. The molecule has 2 heterocycles. The Hall–Kier alpha value is -3.75. The van der Waals surface area contributed by atoms with E-state index in [9.17, 15) is 18.4 Å². The van der Waals surface area contributed by atoms with Gasteiger partial charge in [-0.05, 0) is 11.6 Å². The Bertz CT molecular complexity index is 1120. The number of methoxy groups -OCH3 is 1. The molecule has 0 saturated carbocycles. The van der Waals surface area contributed by atoms with Crippen molar-refractivity contribution in [2.45, 2.75) is 24.9 Å². The second kappa shape index (κ2) is 9.17. The summed E-state index contributed by atoms with van der Waals surface area (Å²) in [5.74, 6) is -2.66. The predicted octanol–water partition coefficient (Wildman–Crippen LogP) is 3.13. The van der Waals surface area contributed by atoms with Gasteiger partial charge in [0, 0.05) is 30.6 Å². The summed E-state index contributed by atoms with van der Waals surface area (Å²) < 4.78 is 33.6. The van der Waals surface area contributed by atoms with Crippen LogP contribution in [0.15, 0.2) is 54.9 Å². The molecule has 1 aliphatic rings. The number of esters is 1. The number of imidazole rings is 1. The highest BCUT2D eigenvalue weighted by Crippen LogP contribution is 2.35. The minimum Gasteiger partial charge on any atom is -0.467 e. The Morgan fingerprint density at radius 1 is 1.22 bits per heavy atom. The Labute approximate surface area is 183 Å². The van der Waals surface area contributed by atoms with E-state index >= 15 is 0 Å². The number of nitrogens with one attached hydrogen (secondary N) is 2. The van der Waals surface area contributed by atoms with Crippen molar-refractivity contribution >= 4 is 12.0 Å². The molecule has 2 atom stereocenters. The minimum atomic E-state index is -1.04. The molecule has 0 bridgehead atoms. The van der Waals surface area contributed by atoms with Crippen LogP contribution in [-0.4, -0.2) is 46.6 Å². The van der Waals surface area contributed by atoms with Crippen molar-refractivity contribution in [2.24, 2.45) is 0 Å². The zero-order chi connectivity index (χ0) is 22.7. The maximum Gasteiger partial charge on any atom is 0.328 e. The van der Waals surface area contributed by atoms with E-state index in [1.54, 1.807) is 0 Å². The molecule has 3 aromatic rings. The van der Waals surface area contributed by atoms with Gasteiger partial charge >= 0.3 is 12.0 Å². The summed E-state index contributed by atoms with van der Waals surface area (Å²) in [6, 6.07) is 10.5. The van der Waals surface area contributed by atoms with E-state index in [1.165, 1.54) is 30.5 Å². The molecule has 1 aromatic heterocycles. The number of rotatable bonds is 5. The first-order chi connectivity index (χ1) is 15.5. The Morgan fingerprint density at radius 3 is 2.75 bits per heavy atom. The molecule has 0 radical (unpaired) electrons. The van der Waals surface area contributed by atoms with Crippen LogP contribution in [0.3, 0.4) is 0 Å². The molecule has 166 valence electrons. The highest BCUT2D eigenvalue weighted by molar-refractivity contribution is 5.84. The molecular formula is C23H22F2N4O3. The molecule has 2 aromatic carbocycles. The summed E-state index contributed by atoms with van der Waals surface area (Å²) in [5.41, 5.74) is 2.01. The molecule has 0 unspecified atom stereocenters. The molecule has 4 rings (SSSR count). The van der Waals surface area contributed by atoms with Crippen LogP contribution < -0.4 is 5.32 Å². The van der Waals surface area contributed by atoms with Crippen LogP contribution in [0.1, 0.15) is 28.6 Å². The topological polar surface area (TPSA) is 87.3 Å². The van der Waals surface area contributed by atoms with Crippen molar-refractivity contribution in [1.82, 2.24) is 20.2 Å². The number of nitrogens with zero attached hydrogens (tertiary/aromatic N) is 2. The number of benzene rings is 2. The van der Waals surface area contributed by atoms with Gasteiger partial charge in [0.05, 0.1) is 19.1 Å². The number of carbonyl (C=O) groups excluding carboxylic acids is 2. The third-order valence-electron chi connectivity index (χ3n) is 5.53. The van der Waals surface area contributed by atoms with E-state index in [4.69, 9.17) is 4.74 Å². The first-order valence-electron chi connectivity index (χ1n) is 10.1. The zero-order valence-electron chi connectivity index (χ0n) is 17.3. The number of ether oxygens (including phenoxy) is 1. The SMILES string of the molecule is COC(=O)[C@H](Cc1ccccc1)NC(=O)N1CCc2[nH]cnc2[C@@H]1c1cccc(F)c1F. The van der Waals surface area contributed by atoms with Crippen molar-refractivity contribution in [3.63, 3.8) is 0 Å². The summed E-state index contributed by atoms with van der Waals surface area (Å²) in [4.78, 5) is 34.3. The number of hydrogen-bond acceptors (Lipinski definition) is 4. The lowest BCUT2D eigenvalue weighted by atomic mass is 9.95. The molecule has 0 saturated heterocycles. The third kappa shape index (κ3) is 4.18. The molecule has 32 heavy (non-hydrogen) atoms. The largest absolute Gasteiger partial charge is 0.467 e. The number of urea groups is 1. The van der Waals surface area contributed by atoms with Gasteiger partial charge < -0.3 is 19.9 Å². The van der Waals surface area contributed by atoms with Gasteiger partial charge in [-0.1, -0.05) is 42.5 Å². The van der Waals surface area contributed by atoms with E-state index < -0.39 is 35.7 Å². The van der Waals surface area contributed by atoms with Crippen LogP contribution in [-0.2, 0) is 22.4 Å². The van der Waals surface area contributed by atoms with Crippen LogP contribution in [0, 0.1) is 11.6 Å². The third-order valence-corrected chi connectivity index (χ3v) is 5.53. The average Bonchev–Trinajstić information content (AvgIpc) is 3.29. The maximum atomic E-state index is 14.7. The van der Waals surface area contributed by atoms with Gasteiger partial charge in [0.2, 0.25) is 0 Å². The number of aromatic nitrogens is 2. The molecule has 1 aliphatic heterocycles. The summed E-state index contributed by atoms with van der Waals surface area (Å²) in [6.07, 6.45) is 2.14. The summed E-state index contributed by atoms with van der Waals surface area (Å²) in [6.45, 7) is 0.223. The Balaban J connectivity index is 1.64. The molecule has 0 fully saturated rings. The number of halogens is 2. The van der Waals surface area contributed by atoms with E-state index in [1.807, 2.05) is 30.3 Å². The summed E-state index contributed by atoms with van der Waals surface area (Å²) >= 11 is 0. The second-order valence-electron chi connectivity index (χ2n) is 7.47. The number of aromatic amines is 1. The fraction of sp³-hybridized carbons (Fsp3) is 0.261. The van der Waals surface area contributed by atoms with Crippen molar-refractivity contribution in [2.75, 3.05) is 13.7 Å². The Morgan fingerprint density at radius 2 is 2.00 bits per heavy atom. The molecule has 2 amide bonds. The quantitative estimate of drug-likeness (QED) is 0.597. The lowest BCUT2D eigenvalue weighted by molar-refractivity contribution is -0.142. The molecule has 0 aliphatic carbocycles. The number of fused-ring (bicyclic) bond motifs is 1.